The predicted molar refractivity (Wildman–Crippen MR) is 98.8 cm³/mol. The summed E-state index contributed by atoms with van der Waals surface area (Å²) in [4.78, 5) is 16.7. The van der Waals surface area contributed by atoms with Crippen molar-refractivity contribution in [2.24, 2.45) is 5.92 Å². The summed E-state index contributed by atoms with van der Waals surface area (Å²) in [7, 11) is 4.06. The van der Waals surface area contributed by atoms with Crippen molar-refractivity contribution in [1.82, 2.24) is 19.4 Å². The Hall–Kier alpha value is -2.03. The van der Waals surface area contributed by atoms with E-state index in [0.717, 1.165) is 12.1 Å². The van der Waals surface area contributed by atoms with Gasteiger partial charge in [-0.25, -0.2) is 4.79 Å². The number of carbonyl (C=O) groups excluding carboxylic acids is 1. The molecule has 1 aromatic carbocycles. The molecule has 0 bridgehead atoms. The van der Waals surface area contributed by atoms with Crippen LogP contribution < -0.4 is 5.32 Å². The zero-order chi connectivity index (χ0) is 17.6. The molecule has 0 spiro atoms. The summed E-state index contributed by atoms with van der Waals surface area (Å²) in [6.45, 7) is 3.39. The topological polar surface area (TPSA) is 70.6 Å². The second kappa shape index (κ2) is 8.37. The van der Waals surface area contributed by atoms with Crippen LogP contribution in [0.2, 0.25) is 0 Å². The Labute approximate surface area is 151 Å². The van der Waals surface area contributed by atoms with E-state index in [9.17, 15) is 4.79 Å². The molecule has 1 atom stereocenters. The SMILES string of the molecule is CN(C)C[C@@H]1COCCN(C(=O)Nc2snnc2-c2ccccc2)C1. The zero-order valence-corrected chi connectivity index (χ0v) is 15.3. The van der Waals surface area contributed by atoms with E-state index in [0.29, 0.717) is 42.9 Å². The van der Waals surface area contributed by atoms with Crippen LogP contribution in [-0.2, 0) is 4.74 Å². The Morgan fingerprint density at radius 2 is 2.20 bits per heavy atom. The molecular formula is C17H23N5O2S. The predicted octanol–water partition coefficient (Wildman–Crippen LogP) is 2.25. The van der Waals surface area contributed by atoms with Gasteiger partial charge < -0.3 is 14.5 Å². The fourth-order valence-electron chi connectivity index (χ4n) is 2.93. The van der Waals surface area contributed by atoms with Gasteiger partial charge in [0, 0.05) is 42.6 Å². The lowest BCUT2D eigenvalue weighted by Gasteiger charge is -2.25. The Kier molecular flexibility index (Phi) is 5.95. The van der Waals surface area contributed by atoms with Gasteiger partial charge in [0.25, 0.3) is 0 Å². The third kappa shape index (κ3) is 4.75. The average Bonchev–Trinajstić information content (AvgIpc) is 2.93. The summed E-state index contributed by atoms with van der Waals surface area (Å²) in [6, 6.07) is 9.62. The number of urea groups is 1. The van der Waals surface area contributed by atoms with Gasteiger partial charge in [-0.3, -0.25) is 5.32 Å². The van der Waals surface area contributed by atoms with Crippen molar-refractivity contribution >= 4 is 22.6 Å². The Morgan fingerprint density at radius 3 is 2.96 bits per heavy atom. The van der Waals surface area contributed by atoms with E-state index in [1.165, 1.54) is 11.5 Å². The van der Waals surface area contributed by atoms with Crippen molar-refractivity contribution in [3.05, 3.63) is 30.3 Å². The summed E-state index contributed by atoms with van der Waals surface area (Å²) in [5.41, 5.74) is 1.64. The molecule has 2 amide bonds. The number of rotatable bonds is 4. The van der Waals surface area contributed by atoms with E-state index in [-0.39, 0.29) is 6.03 Å². The van der Waals surface area contributed by atoms with Crippen molar-refractivity contribution < 1.29 is 9.53 Å². The highest BCUT2D eigenvalue weighted by Gasteiger charge is 2.24. The van der Waals surface area contributed by atoms with Crippen LogP contribution in [0.1, 0.15) is 0 Å². The second-order valence-electron chi connectivity index (χ2n) is 6.40. The Bertz CT molecular complexity index is 691. The molecule has 1 aliphatic rings. The van der Waals surface area contributed by atoms with Gasteiger partial charge >= 0.3 is 6.03 Å². The first-order valence-corrected chi connectivity index (χ1v) is 9.07. The molecule has 7 nitrogen and oxygen atoms in total. The van der Waals surface area contributed by atoms with Gasteiger partial charge in [0.2, 0.25) is 0 Å². The lowest BCUT2D eigenvalue weighted by Crippen LogP contribution is -2.40. The van der Waals surface area contributed by atoms with E-state index < -0.39 is 0 Å². The number of hydrogen-bond donors (Lipinski definition) is 1. The molecule has 1 aromatic heterocycles. The first-order valence-electron chi connectivity index (χ1n) is 8.29. The number of ether oxygens (including phenoxy) is 1. The highest BCUT2D eigenvalue weighted by atomic mass is 32.1. The summed E-state index contributed by atoms with van der Waals surface area (Å²) in [5, 5.41) is 7.80. The van der Waals surface area contributed by atoms with E-state index >= 15 is 0 Å². The number of carbonyl (C=O) groups is 1. The monoisotopic (exact) mass is 361 g/mol. The quantitative estimate of drug-likeness (QED) is 0.904. The first-order chi connectivity index (χ1) is 12.1. The molecule has 0 saturated carbocycles. The molecule has 0 radical (unpaired) electrons. The minimum Gasteiger partial charge on any atom is -0.379 e. The van der Waals surface area contributed by atoms with Gasteiger partial charge in [0.05, 0.1) is 13.2 Å². The lowest BCUT2D eigenvalue weighted by molar-refractivity contribution is 0.112. The van der Waals surface area contributed by atoms with Crippen LogP contribution in [0.3, 0.4) is 0 Å². The van der Waals surface area contributed by atoms with Gasteiger partial charge in [-0.1, -0.05) is 34.8 Å². The van der Waals surface area contributed by atoms with E-state index in [1.807, 2.05) is 49.3 Å². The maximum absolute atomic E-state index is 12.7. The van der Waals surface area contributed by atoms with Gasteiger partial charge in [-0.2, -0.15) is 0 Å². The number of nitrogens with zero attached hydrogens (tertiary/aromatic N) is 4. The first kappa shape index (κ1) is 17.8. The maximum atomic E-state index is 12.7. The molecule has 8 heteroatoms. The third-order valence-electron chi connectivity index (χ3n) is 4.00. The molecule has 25 heavy (non-hydrogen) atoms. The largest absolute Gasteiger partial charge is 0.379 e. The van der Waals surface area contributed by atoms with Crippen LogP contribution in [0.15, 0.2) is 30.3 Å². The summed E-state index contributed by atoms with van der Waals surface area (Å²) >= 11 is 1.19. The minimum atomic E-state index is -0.127. The van der Waals surface area contributed by atoms with E-state index in [2.05, 4.69) is 19.8 Å². The fraction of sp³-hybridized carbons (Fsp3) is 0.471. The van der Waals surface area contributed by atoms with Crippen LogP contribution in [-0.4, -0.2) is 72.4 Å². The van der Waals surface area contributed by atoms with Crippen LogP contribution in [0.5, 0.6) is 0 Å². The van der Waals surface area contributed by atoms with E-state index in [4.69, 9.17) is 4.74 Å². The number of benzene rings is 1. The van der Waals surface area contributed by atoms with E-state index in [1.54, 1.807) is 0 Å². The standard InChI is InChI=1S/C17H23N5O2S/c1-21(2)10-13-11-22(8-9-24-12-13)17(23)18-16-15(19-20-25-16)14-6-4-3-5-7-14/h3-7,13H,8-12H2,1-2H3,(H,18,23)/t13-/m0/s1. The molecule has 2 aromatic rings. The van der Waals surface area contributed by atoms with Crippen LogP contribution >= 0.6 is 11.5 Å². The molecule has 0 aliphatic carbocycles. The second-order valence-corrected chi connectivity index (χ2v) is 7.15. The number of anilines is 1. The normalized spacial score (nSPS) is 18.2. The van der Waals surface area contributed by atoms with Crippen molar-refractivity contribution in [2.45, 2.75) is 0 Å². The van der Waals surface area contributed by atoms with Gasteiger partial charge in [-0.15, -0.1) is 5.10 Å². The van der Waals surface area contributed by atoms with Crippen LogP contribution in [0, 0.1) is 5.92 Å². The number of nitrogens with one attached hydrogen (secondary N) is 1. The van der Waals surface area contributed by atoms with Crippen LogP contribution in [0.25, 0.3) is 11.3 Å². The maximum Gasteiger partial charge on any atom is 0.322 e. The number of aromatic nitrogens is 2. The van der Waals surface area contributed by atoms with Gasteiger partial charge in [0.15, 0.2) is 0 Å². The van der Waals surface area contributed by atoms with Crippen molar-refractivity contribution in [2.75, 3.05) is 52.3 Å². The molecule has 3 rings (SSSR count). The molecule has 0 unspecified atom stereocenters. The number of amides is 2. The minimum absolute atomic E-state index is 0.127. The highest BCUT2D eigenvalue weighted by molar-refractivity contribution is 7.10. The van der Waals surface area contributed by atoms with Crippen molar-refractivity contribution in [1.29, 1.82) is 0 Å². The van der Waals surface area contributed by atoms with Gasteiger partial charge in [-0.05, 0) is 14.1 Å². The molecular weight excluding hydrogens is 338 g/mol. The molecule has 1 fully saturated rings. The average molecular weight is 361 g/mol. The Balaban J connectivity index is 1.69. The Morgan fingerprint density at radius 1 is 1.40 bits per heavy atom. The van der Waals surface area contributed by atoms with Crippen LogP contribution in [0.4, 0.5) is 9.80 Å². The lowest BCUT2D eigenvalue weighted by atomic mass is 10.1. The number of hydrogen-bond acceptors (Lipinski definition) is 6. The smallest absolute Gasteiger partial charge is 0.322 e. The fourth-order valence-corrected chi connectivity index (χ4v) is 3.51. The summed E-state index contributed by atoms with van der Waals surface area (Å²) < 4.78 is 9.64. The summed E-state index contributed by atoms with van der Waals surface area (Å²) in [6.07, 6.45) is 0. The van der Waals surface area contributed by atoms with Crippen molar-refractivity contribution in [3.63, 3.8) is 0 Å². The van der Waals surface area contributed by atoms with Crippen molar-refractivity contribution in [3.8, 4) is 11.3 Å². The molecule has 1 aliphatic heterocycles. The van der Waals surface area contributed by atoms with Gasteiger partial charge in [0.1, 0.15) is 10.7 Å². The third-order valence-corrected chi connectivity index (χ3v) is 4.65. The molecule has 2 heterocycles. The molecule has 1 N–H and O–H groups in total. The summed E-state index contributed by atoms with van der Waals surface area (Å²) in [5.74, 6) is 0.302. The zero-order valence-electron chi connectivity index (χ0n) is 14.5. The molecule has 134 valence electrons. The highest BCUT2D eigenvalue weighted by Crippen LogP contribution is 2.28. The molecule has 1 saturated heterocycles.